The van der Waals surface area contributed by atoms with E-state index in [1.807, 2.05) is 50.2 Å². The number of nitrogens with one attached hydrogen (secondary N) is 1. The second-order valence-corrected chi connectivity index (χ2v) is 7.92. The Morgan fingerprint density at radius 1 is 0.966 bits per heavy atom. The van der Waals surface area contributed by atoms with Gasteiger partial charge in [-0.25, -0.2) is 0 Å². The molecule has 0 aliphatic rings. The van der Waals surface area contributed by atoms with Gasteiger partial charge >= 0.3 is 0 Å². The predicted molar refractivity (Wildman–Crippen MR) is 119 cm³/mol. The molecular weight excluding hydrogens is 360 g/mol. The zero-order valence-electron chi connectivity index (χ0n) is 18.4. The van der Waals surface area contributed by atoms with E-state index in [-0.39, 0.29) is 11.8 Å². The highest BCUT2D eigenvalue weighted by Gasteiger charge is 2.26. The number of rotatable bonds is 9. The highest BCUT2D eigenvalue weighted by molar-refractivity contribution is 5.88. The molecule has 0 aliphatic heterocycles. The summed E-state index contributed by atoms with van der Waals surface area (Å²) in [6.07, 6.45) is 2.25. The summed E-state index contributed by atoms with van der Waals surface area (Å²) in [7, 11) is 0. The topological polar surface area (TPSA) is 49.4 Å². The standard InChI is InChI=1S/C25H34N2O2/c1-6-7-14-26-25(29)21(5)27(17-22-11-8-18(2)9-12-22)24(28)16-23-13-10-19(3)20(4)15-23/h8-13,15,21H,6-7,14,16-17H2,1-5H3,(H,26,29)/t21-/m1/s1. The fraction of sp³-hybridized carbons (Fsp3) is 0.440. The molecular formula is C25H34N2O2. The zero-order chi connectivity index (χ0) is 21.4. The van der Waals surface area contributed by atoms with Gasteiger partial charge in [0.05, 0.1) is 6.42 Å². The maximum Gasteiger partial charge on any atom is 0.242 e. The van der Waals surface area contributed by atoms with Crippen molar-refractivity contribution in [1.82, 2.24) is 10.2 Å². The summed E-state index contributed by atoms with van der Waals surface area (Å²) in [5.41, 5.74) is 5.56. The lowest BCUT2D eigenvalue weighted by atomic mass is 10.0. The minimum atomic E-state index is -0.521. The number of unbranched alkanes of at least 4 members (excludes halogenated alkanes) is 1. The molecule has 0 spiro atoms. The van der Waals surface area contributed by atoms with Gasteiger partial charge in [-0.3, -0.25) is 9.59 Å². The molecule has 0 saturated heterocycles. The molecule has 2 rings (SSSR count). The molecule has 4 nitrogen and oxygen atoms in total. The van der Waals surface area contributed by atoms with Crippen LogP contribution in [0.1, 0.15) is 54.5 Å². The Balaban J connectivity index is 2.19. The quantitative estimate of drug-likeness (QED) is 0.637. The number of benzene rings is 2. The first-order valence-corrected chi connectivity index (χ1v) is 10.5. The number of aryl methyl sites for hydroxylation is 3. The van der Waals surface area contributed by atoms with Crippen LogP contribution in [-0.4, -0.2) is 29.3 Å². The number of nitrogens with zero attached hydrogens (tertiary/aromatic N) is 1. The lowest BCUT2D eigenvalue weighted by molar-refractivity contribution is -0.140. The van der Waals surface area contributed by atoms with Gasteiger partial charge in [0.25, 0.3) is 0 Å². The van der Waals surface area contributed by atoms with Crippen LogP contribution in [0.25, 0.3) is 0 Å². The maximum atomic E-state index is 13.2. The van der Waals surface area contributed by atoms with Crippen molar-refractivity contribution in [3.05, 3.63) is 70.3 Å². The van der Waals surface area contributed by atoms with Crippen LogP contribution in [0.5, 0.6) is 0 Å². The van der Waals surface area contributed by atoms with E-state index in [2.05, 4.69) is 32.2 Å². The fourth-order valence-electron chi connectivity index (χ4n) is 3.20. The molecule has 156 valence electrons. The molecule has 0 unspecified atom stereocenters. The van der Waals surface area contributed by atoms with Gasteiger partial charge in [-0.1, -0.05) is 61.4 Å². The lowest BCUT2D eigenvalue weighted by Gasteiger charge is -2.29. The van der Waals surface area contributed by atoms with Crippen molar-refractivity contribution in [2.24, 2.45) is 0 Å². The van der Waals surface area contributed by atoms with Gasteiger partial charge in [0.1, 0.15) is 6.04 Å². The van der Waals surface area contributed by atoms with Crippen molar-refractivity contribution < 1.29 is 9.59 Å². The van der Waals surface area contributed by atoms with E-state index >= 15 is 0 Å². The number of hydrogen-bond donors (Lipinski definition) is 1. The zero-order valence-corrected chi connectivity index (χ0v) is 18.4. The molecule has 0 fully saturated rings. The van der Waals surface area contributed by atoms with Gasteiger partial charge in [-0.15, -0.1) is 0 Å². The Bertz CT molecular complexity index is 827. The molecule has 0 bridgehead atoms. The van der Waals surface area contributed by atoms with Gasteiger partial charge in [-0.05, 0) is 56.4 Å². The summed E-state index contributed by atoms with van der Waals surface area (Å²) in [6.45, 7) is 11.1. The summed E-state index contributed by atoms with van der Waals surface area (Å²) in [5, 5.41) is 2.96. The second kappa shape index (κ2) is 10.8. The second-order valence-electron chi connectivity index (χ2n) is 7.92. The van der Waals surface area contributed by atoms with Gasteiger partial charge in [0.2, 0.25) is 11.8 Å². The third-order valence-corrected chi connectivity index (χ3v) is 5.40. The van der Waals surface area contributed by atoms with E-state index in [1.165, 1.54) is 16.7 Å². The Morgan fingerprint density at radius 3 is 2.24 bits per heavy atom. The molecule has 4 heteroatoms. The molecule has 1 N–H and O–H groups in total. The van der Waals surface area contributed by atoms with Gasteiger partial charge in [0.15, 0.2) is 0 Å². The maximum absolute atomic E-state index is 13.2. The summed E-state index contributed by atoms with van der Waals surface area (Å²) >= 11 is 0. The smallest absolute Gasteiger partial charge is 0.242 e. The molecule has 1 atom stereocenters. The highest BCUT2D eigenvalue weighted by Crippen LogP contribution is 2.15. The molecule has 2 aromatic rings. The Hall–Kier alpha value is -2.62. The number of amides is 2. The van der Waals surface area contributed by atoms with Crippen molar-refractivity contribution in [3.8, 4) is 0 Å². The van der Waals surface area contributed by atoms with Crippen molar-refractivity contribution >= 4 is 11.8 Å². The van der Waals surface area contributed by atoms with Crippen LogP contribution in [0, 0.1) is 20.8 Å². The van der Waals surface area contributed by atoms with E-state index in [4.69, 9.17) is 0 Å². The van der Waals surface area contributed by atoms with E-state index < -0.39 is 6.04 Å². The van der Waals surface area contributed by atoms with Crippen LogP contribution < -0.4 is 5.32 Å². The summed E-state index contributed by atoms with van der Waals surface area (Å²) in [4.78, 5) is 27.6. The van der Waals surface area contributed by atoms with E-state index in [0.717, 1.165) is 24.0 Å². The van der Waals surface area contributed by atoms with Crippen LogP contribution in [0.15, 0.2) is 42.5 Å². The normalized spacial score (nSPS) is 11.8. The number of carbonyl (C=O) groups excluding carboxylic acids is 2. The number of carbonyl (C=O) groups is 2. The van der Waals surface area contributed by atoms with E-state index in [9.17, 15) is 9.59 Å². The first kappa shape index (κ1) is 22.7. The molecule has 2 aromatic carbocycles. The van der Waals surface area contributed by atoms with Crippen molar-refractivity contribution in [2.45, 2.75) is 66.5 Å². The first-order chi connectivity index (χ1) is 13.8. The molecule has 2 amide bonds. The first-order valence-electron chi connectivity index (χ1n) is 10.5. The van der Waals surface area contributed by atoms with Crippen molar-refractivity contribution in [1.29, 1.82) is 0 Å². The molecule has 0 saturated carbocycles. The largest absolute Gasteiger partial charge is 0.354 e. The average molecular weight is 395 g/mol. The predicted octanol–water partition coefficient (Wildman–Crippen LogP) is 4.49. The third-order valence-electron chi connectivity index (χ3n) is 5.40. The van der Waals surface area contributed by atoms with Crippen molar-refractivity contribution in [2.75, 3.05) is 6.54 Å². The van der Waals surface area contributed by atoms with Crippen LogP contribution >= 0.6 is 0 Å². The van der Waals surface area contributed by atoms with Crippen LogP contribution in [0.3, 0.4) is 0 Å². The Labute approximate surface area is 175 Å². The Morgan fingerprint density at radius 2 is 1.62 bits per heavy atom. The average Bonchev–Trinajstić information content (AvgIpc) is 2.69. The van der Waals surface area contributed by atoms with E-state index in [0.29, 0.717) is 19.5 Å². The Kier molecular flexibility index (Phi) is 8.44. The van der Waals surface area contributed by atoms with Crippen LogP contribution in [0.2, 0.25) is 0 Å². The van der Waals surface area contributed by atoms with Crippen LogP contribution in [-0.2, 0) is 22.6 Å². The minimum absolute atomic E-state index is 0.0352. The summed E-state index contributed by atoms with van der Waals surface area (Å²) < 4.78 is 0. The summed E-state index contributed by atoms with van der Waals surface area (Å²) in [6, 6.07) is 13.7. The fourth-order valence-corrected chi connectivity index (χ4v) is 3.20. The van der Waals surface area contributed by atoms with E-state index in [1.54, 1.807) is 4.90 Å². The molecule has 0 radical (unpaired) electrons. The SMILES string of the molecule is CCCCNC(=O)[C@@H](C)N(Cc1ccc(C)cc1)C(=O)Cc1ccc(C)c(C)c1. The molecule has 0 aliphatic carbocycles. The summed E-state index contributed by atoms with van der Waals surface area (Å²) in [5.74, 6) is -0.133. The van der Waals surface area contributed by atoms with Gasteiger partial charge in [0, 0.05) is 13.1 Å². The molecule has 0 heterocycles. The molecule has 0 aromatic heterocycles. The lowest BCUT2D eigenvalue weighted by Crippen LogP contribution is -2.48. The van der Waals surface area contributed by atoms with Crippen LogP contribution in [0.4, 0.5) is 0 Å². The van der Waals surface area contributed by atoms with Crippen molar-refractivity contribution in [3.63, 3.8) is 0 Å². The molecule has 29 heavy (non-hydrogen) atoms. The highest BCUT2D eigenvalue weighted by atomic mass is 16.2. The van der Waals surface area contributed by atoms with Gasteiger partial charge < -0.3 is 10.2 Å². The van der Waals surface area contributed by atoms with Gasteiger partial charge in [-0.2, -0.15) is 0 Å². The minimum Gasteiger partial charge on any atom is -0.354 e. The monoisotopic (exact) mass is 394 g/mol. The third kappa shape index (κ3) is 6.74. The number of hydrogen-bond acceptors (Lipinski definition) is 2.